The van der Waals surface area contributed by atoms with Crippen molar-refractivity contribution in [3.8, 4) is 0 Å². The number of carbonyl (C=O) groups excluding carboxylic acids is 1. The third-order valence-corrected chi connectivity index (χ3v) is 3.63. The molecule has 1 fully saturated rings. The lowest BCUT2D eigenvalue weighted by molar-refractivity contribution is -0.132. The lowest BCUT2D eigenvalue weighted by atomic mass is 10.1. The Morgan fingerprint density at radius 3 is 2.90 bits per heavy atom. The number of carbonyl (C=O) groups is 1. The number of halogens is 2. The van der Waals surface area contributed by atoms with Crippen molar-refractivity contribution in [3.63, 3.8) is 0 Å². The van der Waals surface area contributed by atoms with E-state index in [0.717, 1.165) is 32.0 Å². The molecule has 0 radical (unpaired) electrons. The molecule has 110 valence electrons. The van der Waals surface area contributed by atoms with Gasteiger partial charge in [0.1, 0.15) is 0 Å². The summed E-state index contributed by atoms with van der Waals surface area (Å²) in [6.07, 6.45) is 1.69. The SMILES string of the molecule is CCCN(C(=O)Cc1cccc(F)c1F)C1CCNC1. The van der Waals surface area contributed by atoms with Gasteiger partial charge >= 0.3 is 0 Å². The van der Waals surface area contributed by atoms with Crippen LogP contribution in [0.4, 0.5) is 8.78 Å². The predicted octanol–water partition coefficient (Wildman–Crippen LogP) is 2.11. The molecular formula is C15H20F2N2O. The Bertz CT molecular complexity index is 473. The third kappa shape index (κ3) is 3.33. The molecule has 0 aromatic heterocycles. The summed E-state index contributed by atoms with van der Waals surface area (Å²) in [6.45, 7) is 4.33. The van der Waals surface area contributed by atoms with Crippen LogP contribution in [0, 0.1) is 11.6 Å². The largest absolute Gasteiger partial charge is 0.338 e. The fraction of sp³-hybridized carbons (Fsp3) is 0.533. The van der Waals surface area contributed by atoms with Gasteiger partial charge in [-0.2, -0.15) is 0 Å². The van der Waals surface area contributed by atoms with E-state index < -0.39 is 11.6 Å². The van der Waals surface area contributed by atoms with E-state index >= 15 is 0 Å². The van der Waals surface area contributed by atoms with Gasteiger partial charge in [-0.3, -0.25) is 4.79 Å². The number of amides is 1. The molecule has 0 aliphatic carbocycles. The second kappa shape index (κ2) is 6.79. The number of nitrogens with one attached hydrogen (secondary N) is 1. The van der Waals surface area contributed by atoms with Crippen LogP contribution in [0.5, 0.6) is 0 Å². The highest BCUT2D eigenvalue weighted by molar-refractivity contribution is 5.79. The van der Waals surface area contributed by atoms with Crippen LogP contribution in [0.15, 0.2) is 18.2 Å². The summed E-state index contributed by atoms with van der Waals surface area (Å²) in [5.74, 6) is -1.95. The quantitative estimate of drug-likeness (QED) is 0.897. The average molecular weight is 282 g/mol. The number of rotatable bonds is 5. The lowest BCUT2D eigenvalue weighted by Gasteiger charge is -2.28. The first-order chi connectivity index (χ1) is 9.63. The van der Waals surface area contributed by atoms with E-state index in [4.69, 9.17) is 0 Å². The fourth-order valence-electron chi connectivity index (χ4n) is 2.61. The van der Waals surface area contributed by atoms with Gasteiger partial charge in [0.25, 0.3) is 0 Å². The van der Waals surface area contributed by atoms with Gasteiger partial charge in [0.15, 0.2) is 11.6 Å². The van der Waals surface area contributed by atoms with Gasteiger partial charge in [-0.15, -0.1) is 0 Å². The lowest BCUT2D eigenvalue weighted by Crippen LogP contribution is -2.43. The topological polar surface area (TPSA) is 32.3 Å². The summed E-state index contributed by atoms with van der Waals surface area (Å²) in [5, 5.41) is 3.22. The smallest absolute Gasteiger partial charge is 0.227 e. The van der Waals surface area contributed by atoms with E-state index in [9.17, 15) is 13.6 Å². The summed E-state index contributed by atoms with van der Waals surface area (Å²) in [4.78, 5) is 14.2. The minimum absolute atomic E-state index is 0.0832. The van der Waals surface area contributed by atoms with Gasteiger partial charge in [0, 0.05) is 24.7 Å². The minimum Gasteiger partial charge on any atom is -0.338 e. The van der Waals surface area contributed by atoms with Crippen molar-refractivity contribution in [2.75, 3.05) is 19.6 Å². The maximum atomic E-state index is 13.6. The van der Waals surface area contributed by atoms with Crippen molar-refractivity contribution in [1.29, 1.82) is 0 Å². The highest BCUT2D eigenvalue weighted by Crippen LogP contribution is 2.16. The van der Waals surface area contributed by atoms with Crippen molar-refractivity contribution in [1.82, 2.24) is 10.2 Å². The van der Waals surface area contributed by atoms with E-state index in [0.29, 0.717) is 6.54 Å². The summed E-state index contributed by atoms with van der Waals surface area (Å²) < 4.78 is 26.8. The van der Waals surface area contributed by atoms with E-state index in [1.165, 1.54) is 12.1 Å². The minimum atomic E-state index is -0.915. The van der Waals surface area contributed by atoms with Crippen LogP contribution in [0.2, 0.25) is 0 Å². The second-order valence-corrected chi connectivity index (χ2v) is 5.12. The Morgan fingerprint density at radius 2 is 2.25 bits per heavy atom. The van der Waals surface area contributed by atoms with Gasteiger partial charge in [-0.05, 0) is 25.5 Å². The zero-order valence-corrected chi connectivity index (χ0v) is 11.7. The Balaban J connectivity index is 2.09. The number of nitrogens with zero attached hydrogens (tertiary/aromatic N) is 1. The Kier molecular flexibility index (Phi) is 5.06. The molecule has 20 heavy (non-hydrogen) atoms. The van der Waals surface area contributed by atoms with Crippen molar-refractivity contribution in [2.24, 2.45) is 0 Å². The first-order valence-corrected chi connectivity index (χ1v) is 7.06. The van der Waals surface area contributed by atoms with Gasteiger partial charge < -0.3 is 10.2 Å². The molecule has 1 aromatic carbocycles. The maximum Gasteiger partial charge on any atom is 0.227 e. The van der Waals surface area contributed by atoms with Crippen LogP contribution < -0.4 is 5.32 Å². The van der Waals surface area contributed by atoms with Crippen LogP contribution in [0.25, 0.3) is 0 Å². The maximum absolute atomic E-state index is 13.6. The molecular weight excluding hydrogens is 262 g/mol. The Hall–Kier alpha value is -1.49. The van der Waals surface area contributed by atoms with Crippen LogP contribution >= 0.6 is 0 Å². The van der Waals surface area contributed by atoms with Crippen LogP contribution in [-0.2, 0) is 11.2 Å². The van der Waals surface area contributed by atoms with Crippen LogP contribution in [0.3, 0.4) is 0 Å². The van der Waals surface area contributed by atoms with Gasteiger partial charge in [0.05, 0.1) is 6.42 Å². The molecule has 0 spiro atoms. The summed E-state index contributed by atoms with van der Waals surface area (Å²) in [7, 11) is 0. The third-order valence-electron chi connectivity index (χ3n) is 3.63. The molecule has 5 heteroatoms. The first-order valence-electron chi connectivity index (χ1n) is 7.06. The molecule has 0 saturated carbocycles. The van der Waals surface area contributed by atoms with Gasteiger partial charge in [-0.1, -0.05) is 19.1 Å². The highest BCUT2D eigenvalue weighted by atomic mass is 19.2. The van der Waals surface area contributed by atoms with E-state index in [-0.39, 0.29) is 23.9 Å². The molecule has 1 heterocycles. The second-order valence-electron chi connectivity index (χ2n) is 5.12. The zero-order valence-electron chi connectivity index (χ0n) is 11.7. The highest BCUT2D eigenvalue weighted by Gasteiger charge is 2.26. The van der Waals surface area contributed by atoms with Crippen molar-refractivity contribution < 1.29 is 13.6 Å². The normalized spacial score (nSPS) is 18.2. The molecule has 1 aromatic rings. The van der Waals surface area contributed by atoms with Crippen LogP contribution in [-0.4, -0.2) is 36.5 Å². The van der Waals surface area contributed by atoms with Crippen LogP contribution in [0.1, 0.15) is 25.3 Å². The Morgan fingerprint density at radius 1 is 1.45 bits per heavy atom. The van der Waals surface area contributed by atoms with Crippen molar-refractivity contribution in [3.05, 3.63) is 35.4 Å². The average Bonchev–Trinajstić information content (AvgIpc) is 2.95. The van der Waals surface area contributed by atoms with E-state index in [1.54, 1.807) is 4.90 Å². The molecule has 1 saturated heterocycles. The molecule has 1 N–H and O–H groups in total. The monoisotopic (exact) mass is 282 g/mol. The Labute approximate surface area is 118 Å². The van der Waals surface area contributed by atoms with Gasteiger partial charge in [0.2, 0.25) is 5.91 Å². The summed E-state index contributed by atoms with van der Waals surface area (Å²) in [6, 6.07) is 4.13. The first kappa shape index (κ1) is 14.9. The molecule has 1 aliphatic heterocycles. The van der Waals surface area contributed by atoms with E-state index in [1.807, 2.05) is 6.92 Å². The molecule has 3 nitrogen and oxygen atoms in total. The van der Waals surface area contributed by atoms with Gasteiger partial charge in [-0.25, -0.2) is 8.78 Å². The molecule has 2 rings (SSSR count). The van der Waals surface area contributed by atoms with E-state index in [2.05, 4.69) is 5.32 Å². The molecule has 1 unspecified atom stereocenters. The predicted molar refractivity (Wildman–Crippen MR) is 73.3 cm³/mol. The van der Waals surface area contributed by atoms with Crippen molar-refractivity contribution >= 4 is 5.91 Å². The summed E-state index contributed by atoms with van der Waals surface area (Å²) in [5.41, 5.74) is 0.127. The molecule has 1 atom stereocenters. The number of hydrogen-bond donors (Lipinski definition) is 1. The zero-order chi connectivity index (χ0) is 14.5. The number of hydrogen-bond acceptors (Lipinski definition) is 2. The standard InChI is InChI=1S/C15H20F2N2O/c1-2-8-19(12-6-7-18-10-12)14(20)9-11-4-3-5-13(16)15(11)17/h3-5,12,18H,2,6-10H2,1H3. The summed E-state index contributed by atoms with van der Waals surface area (Å²) >= 11 is 0. The fourth-order valence-corrected chi connectivity index (χ4v) is 2.61. The number of benzene rings is 1. The molecule has 0 bridgehead atoms. The van der Waals surface area contributed by atoms with Crippen molar-refractivity contribution in [2.45, 2.75) is 32.2 Å². The molecule has 1 amide bonds. The molecule has 1 aliphatic rings.